The van der Waals surface area contributed by atoms with Crippen LogP contribution in [0.5, 0.6) is 0 Å². The van der Waals surface area contributed by atoms with Gasteiger partial charge in [0.15, 0.2) is 0 Å². The lowest BCUT2D eigenvalue weighted by Crippen LogP contribution is -2.40. The van der Waals surface area contributed by atoms with Crippen molar-refractivity contribution in [3.63, 3.8) is 0 Å². The van der Waals surface area contributed by atoms with Gasteiger partial charge < -0.3 is 15.0 Å². The SMILES string of the molecule is CO[C@H]1C[C@@H](CNC(=O)c2cncnc2C)N(c2cc(C)ncn2)C1. The highest BCUT2D eigenvalue weighted by Crippen LogP contribution is 2.25. The Morgan fingerprint density at radius 3 is 2.88 bits per heavy atom. The molecule has 1 aliphatic heterocycles. The van der Waals surface area contributed by atoms with E-state index in [4.69, 9.17) is 4.74 Å². The molecule has 8 nitrogen and oxygen atoms in total. The molecule has 0 aliphatic carbocycles. The summed E-state index contributed by atoms with van der Waals surface area (Å²) in [5.74, 6) is 0.684. The lowest BCUT2D eigenvalue weighted by molar-refractivity contribution is 0.0945. The Kier molecular flexibility index (Phi) is 5.18. The van der Waals surface area contributed by atoms with Gasteiger partial charge in [0.2, 0.25) is 0 Å². The molecule has 0 unspecified atom stereocenters. The molecule has 1 saturated heterocycles. The number of amides is 1. The summed E-state index contributed by atoms with van der Waals surface area (Å²) in [6.45, 7) is 4.96. The van der Waals surface area contributed by atoms with E-state index >= 15 is 0 Å². The van der Waals surface area contributed by atoms with Crippen molar-refractivity contribution in [2.75, 3.05) is 25.1 Å². The first kappa shape index (κ1) is 17.2. The molecule has 1 N–H and O–H groups in total. The molecule has 25 heavy (non-hydrogen) atoms. The van der Waals surface area contributed by atoms with E-state index in [1.54, 1.807) is 20.4 Å². The molecule has 3 heterocycles. The number of ether oxygens (including phenoxy) is 1. The second kappa shape index (κ2) is 7.52. The van der Waals surface area contributed by atoms with Gasteiger partial charge in [-0.05, 0) is 20.3 Å². The normalized spacial score (nSPS) is 19.9. The fraction of sp³-hybridized carbons (Fsp3) is 0.471. The number of anilines is 1. The quantitative estimate of drug-likeness (QED) is 0.863. The van der Waals surface area contributed by atoms with Crippen molar-refractivity contribution in [1.29, 1.82) is 0 Å². The Labute approximate surface area is 146 Å². The minimum Gasteiger partial charge on any atom is -0.380 e. The zero-order chi connectivity index (χ0) is 17.8. The molecule has 2 aromatic heterocycles. The number of methoxy groups -OCH3 is 1. The topological polar surface area (TPSA) is 93.1 Å². The molecule has 0 bridgehead atoms. The van der Waals surface area contributed by atoms with Crippen LogP contribution in [-0.2, 0) is 4.74 Å². The van der Waals surface area contributed by atoms with Crippen LogP contribution in [0.1, 0.15) is 28.2 Å². The van der Waals surface area contributed by atoms with E-state index in [2.05, 4.69) is 30.2 Å². The smallest absolute Gasteiger partial charge is 0.254 e. The summed E-state index contributed by atoms with van der Waals surface area (Å²) < 4.78 is 5.52. The molecular weight excluding hydrogens is 320 g/mol. The summed E-state index contributed by atoms with van der Waals surface area (Å²) in [4.78, 5) is 31.1. The molecule has 2 atom stereocenters. The van der Waals surface area contributed by atoms with Crippen molar-refractivity contribution in [3.05, 3.63) is 41.9 Å². The first-order valence-electron chi connectivity index (χ1n) is 8.21. The van der Waals surface area contributed by atoms with Gasteiger partial charge in [0.25, 0.3) is 5.91 Å². The van der Waals surface area contributed by atoms with Gasteiger partial charge >= 0.3 is 0 Å². The fourth-order valence-corrected chi connectivity index (χ4v) is 3.04. The van der Waals surface area contributed by atoms with Gasteiger partial charge in [0.05, 0.1) is 23.4 Å². The number of rotatable bonds is 5. The van der Waals surface area contributed by atoms with Crippen LogP contribution in [-0.4, -0.2) is 58.2 Å². The summed E-state index contributed by atoms with van der Waals surface area (Å²) in [6, 6.07) is 2.05. The lowest BCUT2D eigenvalue weighted by Gasteiger charge is -2.25. The summed E-state index contributed by atoms with van der Waals surface area (Å²) in [5.41, 5.74) is 2.07. The number of hydrogen-bond donors (Lipinski definition) is 1. The molecule has 0 spiro atoms. The second-order valence-corrected chi connectivity index (χ2v) is 6.15. The number of nitrogens with zero attached hydrogens (tertiary/aromatic N) is 5. The van der Waals surface area contributed by atoms with E-state index in [0.717, 1.165) is 24.5 Å². The Bertz CT molecular complexity index is 753. The monoisotopic (exact) mass is 342 g/mol. The number of carbonyl (C=O) groups excluding carboxylic acids is 1. The zero-order valence-corrected chi connectivity index (χ0v) is 14.6. The van der Waals surface area contributed by atoms with Crippen molar-refractivity contribution in [3.8, 4) is 0 Å². The molecule has 1 aliphatic rings. The van der Waals surface area contributed by atoms with Crippen molar-refractivity contribution in [1.82, 2.24) is 25.3 Å². The van der Waals surface area contributed by atoms with Crippen molar-refractivity contribution >= 4 is 11.7 Å². The van der Waals surface area contributed by atoms with Crippen LogP contribution in [0.25, 0.3) is 0 Å². The minimum absolute atomic E-state index is 0.105. The van der Waals surface area contributed by atoms with E-state index in [1.165, 1.54) is 12.5 Å². The van der Waals surface area contributed by atoms with Gasteiger partial charge in [-0.25, -0.2) is 19.9 Å². The van der Waals surface area contributed by atoms with Crippen LogP contribution in [0.2, 0.25) is 0 Å². The van der Waals surface area contributed by atoms with E-state index in [0.29, 0.717) is 17.8 Å². The fourth-order valence-electron chi connectivity index (χ4n) is 3.04. The molecule has 8 heteroatoms. The highest BCUT2D eigenvalue weighted by atomic mass is 16.5. The highest BCUT2D eigenvalue weighted by Gasteiger charge is 2.33. The third kappa shape index (κ3) is 3.90. The van der Waals surface area contributed by atoms with Gasteiger partial charge in [-0.15, -0.1) is 0 Å². The average Bonchev–Trinajstić information content (AvgIpc) is 3.03. The van der Waals surface area contributed by atoms with E-state index in [1.807, 2.05) is 13.0 Å². The van der Waals surface area contributed by atoms with Crippen molar-refractivity contribution < 1.29 is 9.53 Å². The predicted molar refractivity (Wildman–Crippen MR) is 92.4 cm³/mol. The first-order chi connectivity index (χ1) is 12.1. The summed E-state index contributed by atoms with van der Waals surface area (Å²) in [7, 11) is 1.71. The maximum Gasteiger partial charge on any atom is 0.254 e. The van der Waals surface area contributed by atoms with Crippen LogP contribution in [0.3, 0.4) is 0 Å². The predicted octanol–water partition coefficient (Wildman–Crippen LogP) is 0.907. The van der Waals surface area contributed by atoms with E-state index < -0.39 is 0 Å². The average molecular weight is 342 g/mol. The molecule has 0 aromatic carbocycles. The Balaban J connectivity index is 1.71. The van der Waals surface area contributed by atoms with Crippen LogP contribution in [0, 0.1) is 13.8 Å². The molecule has 1 fully saturated rings. The van der Waals surface area contributed by atoms with Crippen LogP contribution < -0.4 is 10.2 Å². The van der Waals surface area contributed by atoms with Gasteiger partial charge in [-0.2, -0.15) is 0 Å². The Morgan fingerprint density at radius 1 is 1.32 bits per heavy atom. The molecule has 0 saturated carbocycles. The van der Waals surface area contributed by atoms with Gasteiger partial charge in [-0.1, -0.05) is 0 Å². The van der Waals surface area contributed by atoms with Crippen molar-refractivity contribution in [2.45, 2.75) is 32.4 Å². The number of hydrogen-bond acceptors (Lipinski definition) is 7. The first-order valence-corrected chi connectivity index (χ1v) is 8.21. The molecule has 3 rings (SSSR count). The van der Waals surface area contributed by atoms with E-state index in [9.17, 15) is 4.79 Å². The second-order valence-electron chi connectivity index (χ2n) is 6.15. The van der Waals surface area contributed by atoms with Crippen LogP contribution in [0.15, 0.2) is 24.9 Å². The Morgan fingerprint density at radius 2 is 2.16 bits per heavy atom. The molecule has 1 amide bonds. The summed E-state index contributed by atoms with van der Waals surface area (Å²) in [6.07, 6.45) is 5.47. The molecular formula is C17H22N6O2. The summed E-state index contributed by atoms with van der Waals surface area (Å²) in [5, 5.41) is 2.98. The number of aryl methyl sites for hydroxylation is 2. The van der Waals surface area contributed by atoms with Crippen LogP contribution in [0.4, 0.5) is 5.82 Å². The number of nitrogens with one attached hydrogen (secondary N) is 1. The highest BCUT2D eigenvalue weighted by molar-refractivity contribution is 5.94. The van der Waals surface area contributed by atoms with Gasteiger partial charge in [0, 0.05) is 38.2 Å². The zero-order valence-electron chi connectivity index (χ0n) is 14.6. The lowest BCUT2D eigenvalue weighted by atomic mass is 10.1. The largest absolute Gasteiger partial charge is 0.380 e. The maximum absolute atomic E-state index is 12.4. The number of aromatic nitrogens is 4. The van der Waals surface area contributed by atoms with Crippen LogP contribution >= 0.6 is 0 Å². The van der Waals surface area contributed by atoms with Crippen molar-refractivity contribution in [2.24, 2.45) is 0 Å². The maximum atomic E-state index is 12.4. The third-order valence-corrected chi connectivity index (χ3v) is 4.45. The molecule has 0 radical (unpaired) electrons. The van der Waals surface area contributed by atoms with Gasteiger partial charge in [-0.3, -0.25) is 4.79 Å². The Hall–Kier alpha value is -2.61. The van der Waals surface area contributed by atoms with E-state index in [-0.39, 0.29) is 18.1 Å². The minimum atomic E-state index is -0.169. The van der Waals surface area contributed by atoms with Gasteiger partial charge in [0.1, 0.15) is 18.5 Å². The molecule has 2 aromatic rings. The summed E-state index contributed by atoms with van der Waals surface area (Å²) >= 11 is 0. The standard InChI is InChI=1S/C17H22N6O2/c1-11-4-16(22-10-20-11)23-8-14(25-3)5-13(23)6-19-17(24)15-7-18-9-21-12(15)2/h4,7,9-10,13-14H,5-6,8H2,1-3H3,(H,19,24)/t13-,14-/m0/s1. The number of carbonyl (C=O) groups is 1. The third-order valence-electron chi connectivity index (χ3n) is 4.45. The molecule has 132 valence electrons.